The van der Waals surface area contributed by atoms with Gasteiger partial charge in [0.25, 0.3) is 0 Å². The average Bonchev–Trinajstić information content (AvgIpc) is 3.30. The lowest BCUT2D eigenvalue weighted by Crippen LogP contribution is -2.18. The van der Waals surface area contributed by atoms with E-state index in [2.05, 4.69) is 15.4 Å². The third-order valence-electron chi connectivity index (χ3n) is 4.23. The Bertz CT molecular complexity index is 1150. The molecule has 0 radical (unpaired) electrons. The van der Waals surface area contributed by atoms with Gasteiger partial charge in [-0.15, -0.1) is 5.10 Å². The minimum Gasteiger partial charge on any atom is -0.490 e. The van der Waals surface area contributed by atoms with Crippen LogP contribution in [0.15, 0.2) is 61.2 Å². The SMILES string of the molecule is CC(C)Oc1cccc2c1c(NC(=O)Cn1ccnc1)nn2-c1cccc(F)c1. The number of ether oxygens (including phenoxy) is 1. The summed E-state index contributed by atoms with van der Waals surface area (Å²) in [4.78, 5) is 16.5. The Hall–Kier alpha value is -3.68. The van der Waals surface area contributed by atoms with Crippen LogP contribution in [-0.2, 0) is 11.3 Å². The Kier molecular flexibility index (Phi) is 4.99. The third-order valence-corrected chi connectivity index (χ3v) is 4.23. The zero-order chi connectivity index (χ0) is 20.4. The van der Waals surface area contributed by atoms with Gasteiger partial charge in [-0.25, -0.2) is 14.1 Å². The van der Waals surface area contributed by atoms with E-state index in [1.54, 1.807) is 40.1 Å². The fraction of sp³-hybridized carbons (Fsp3) is 0.190. The lowest BCUT2D eigenvalue weighted by molar-refractivity contribution is -0.116. The van der Waals surface area contributed by atoms with Crippen LogP contribution >= 0.6 is 0 Å². The smallest absolute Gasteiger partial charge is 0.245 e. The first-order valence-electron chi connectivity index (χ1n) is 9.21. The molecule has 0 unspecified atom stereocenters. The van der Waals surface area contributed by atoms with Gasteiger partial charge in [0.15, 0.2) is 5.82 Å². The summed E-state index contributed by atoms with van der Waals surface area (Å²) in [5.74, 6) is 0.322. The van der Waals surface area contributed by atoms with Crippen molar-refractivity contribution in [3.05, 3.63) is 67.0 Å². The number of nitrogens with one attached hydrogen (secondary N) is 1. The normalized spacial score (nSPS) is 11.2. The minimum absolute atomic E-state index is 0.0624. The van der Waals surface area contributed by atoms with E-state index in [1.165, 1.54) is 12.1 Å². The van der Waals surface area contributed by atoms with Crippen molar-refractivity contribution in [1.82, 2.24) is 19.3 Å². The molecule has 0 saturated carbocycles. The summed E-state index contributed by atoms with van der Waals surface area (Å²) in [5, 5.41) is 8.06. The summed E-state index contributed by atoms with van der Waals surface area (Å²) < 4.78 is 23.0. The van der Waals surface area contributed by atoms with Crippen molar-refractivity contribution in [3.63, 3.8) is 0 Å². The molecule has 1 N–H and O–H groups in total. The highest BCUT2D eigenvalue weighted by molar-refractivity contribution is 6.03. The summed E-state index contributed by atoms with van der Waals surface area (Å²) in [6, 6.07) is 11.6. The molecule has 0 fully saturated rings. The second-order valence-electron chi connectivity index (χ2n) is 6.84. The third kappa shape index (κ3) is 3.96. The van der Waals surface area contributed by atoms with Crippen LogP contribution in [-0.4, -0.2) is 31.3 Å². The minimum atomic E-state index is -0.369. The first-order chi connectivity index (χ1) is 14.0. The number of imidazole rings is 1. The molecule has 29 heavy (non-hydrogen) atoms. The predicted molar refractivity (Wildman–Crippen MR) is 108 cm³/mol. The van der Waals surface area contributed by atoms with Gasteiger partial charge in [0.2, 0.25) is 5.91 Å². The van der Waals surface area contributed by atoms with E-state index >= 15 is 0 Å². The molecule has 0 saturated heterocycles. The number of carbonyl (C=O) groups is 1. The van der Waals surface area contributed by atoms with Crippen LogP contribution in [0.5, 0.6) is 5.75 Å². The highest BCUT2D eigenvalue weighted by atomic mass is 19.1. The van der Waals surface area contributed by atoms with Crippen LogP contribution in [0.2, 0.25) is 0 Å². The largest absolute Gasteiger partial charge is 0.490 e. The maximum absolute atomic E-state index is 13.8. The van der Waals surface area contributed by atoms with Crippen molar-refractivity contribution < 1.29 is 13.9 Å². The summed E-state index contributed by atoms with van der Waals surface area (Å²) >= 11 is 0. The molecule has 4 aromatic rings. The molecule has 2 aromatic carbocycles. The van der Waals surface area contributed by atoms with Crippen LogP contribution in [0.4, 0.5) is 10.2 Å². The summed E-state index contributed by atoms with van der Waals surface area (Å²) in [7, 11) is 0. The standard InChI is InChI=1S/C21H20FN5O2/c1-14(2)29-18-8-4-7-17-20(18)21(24-19(28)12-26-10-9-23-13-26)25-27(17)16-6-3-5-15(22)11-16/h3-11,13-14H,12H2,1-2H3,(H,24,25,28). The van der Waals surface area contributed by atoms with E-state index in [4.69, 9.17) is 4.74 Å². The second-order valence-corrected chi connectivity index (χ2v) is 6.84. The summed E-state index contributed by atoms with van der Waals surface area (Å²) in [5.41, 5.74) is 1.25. The number of amides is 1. The summed E-state index contributed by atoms with van der Waals surface area (Å²) in [6.07, 6.45) is 4.82. The molecule has 0 aliphatic carbocycles. The van der Waals surface area contributed by atoms with Crippen LogP contribution in [0, 0.1) is 5.82 Å². The molecule has 0 bridgehead atoms. The number of aromatic nitrogens is 4. The maximum atomic E-state index is 13.8. The second kappa shape index (κ2) is 7.75. The van der Waals surface area contributed by atoms with Gasteiger partial charge in [0, 0.05) is 12.4 Å². The molecule has 2 heterocycles. The van der Waals surface area contributed by atoms with E-state index in [1.807, 2.05) is 32.0 Å². The quantitative estimate of drug-likeness (QED) is 0.541. The van der Waals surface area contributed by atoms with Crippen molar-refractivity contribution in [2.45, 2.75) is 26.5 Å². The Morgan fingerprint density at radius 2 is 2.07 bits per heavy atom. The zero-order valence-corrected chi connectivity index (χ0v) is 16.0. The number of hydrogen-bond donors (Lipinski definition) is 1. The number of rotatable bonds is 6. The lowest BCUT2D eigenvalue weighted by atomic mass is 10.2. The molecule has 7 nitrogen and oxygen atoms in total. The topological polar surface area (TPSA) is 74.0 Å². The lowest BCUT2D eigenvalue weighted by Gasteiger charge is -2.12. The first kappa shape index (κ1) is 18.7. The van der Waals surface area contributed by atoms with Crippen molar-refractivity contribution in [2.75, 3.05) is 5.32 Å². The van der Waals surface area contributed by atoms with Crippen LogP contribution in [0.25, 0.3) is 16.6 Å². The van der Waals surface area contributed by atoms with Gasteiger partial charge in [0.05, 0.1) is 29.0 Å². The Labute approximate surface area is 166 Å². The number of hydrogen-bond acceptors (Lipinski definition) is 4. The number of fused-ring (bicyclic) bond motifs is 1. The first-order valence-corrected chi connectivity index (χ1v) is 9.21. The number of halogens is 1. The predicted octanol–water partition coefficient (Wildman–Crippen LogP) is 3.79. The van der Waals surface area contributed by atoms with Gasteiger partial charge in [-0.05, 0) is 44.2 Å². The molecule has 0 atom stereocenters. The molecule has 0 aliphatic heterocycles. The average molecular weight is 393 g/mol. The van der Waals surface area contributed by atoms with Crippen molar-refractivity contribution in [1.29, 1.82) is 0 Å². The fourth-order valence-corrected chi connectivity index (χ4v) is 3.10. The molecular weight excluding hydrogens is 373 g/mol. The Morgan fingerprint density at radius 1 is 1.24 bits per heavy atom. The number of benzene rings is 2. The molecule has 4 rings (SSSR count). The van der Waals surface area contributed by atoms with Gasteiger partial charge in [-0.3, -0.25) is 4.79 Å². The highest BCUT2D eigenvalue weighted by Gasteiger charge is 2.19. The van der Waals surface area contributed by atoms with Crippen molar-refractivity contribution in [2.24, 2.45) is 0 Å². The zero-order valence-electron chi connectivity index (χ0n) is 16.0. The monoisotopic (exact) mass is 393 g/mol. The van der Waals surface area contributed by atoms with Gasteiger partial charge in [0.1, 0.15) is 18.1 Å². The van der Waals surface area contributed by atoms with E-state index in [9.17, 15) is 9.18 Å². The Balaban J connectivity index is 1.80. The molecule has 0 aliphatic rings. The molecular formula is C21H20FN5O2. The van der Waals surface area contributed by atoms with E-state index in [0.29, 0.717) is 28.2 Å². The van der Waals surface area contributed by atoms with E-state index in [-0.39, 0.29) is 24.4 Å². The van der Waals surface area contributed by atoms with Gasteiger partial charge in [-0.1, -0.05) is 12.1 Å². The van der Waals surface area contributed by atoms with E-state index < -0.39 is 0 Å². The Morgan fingerprint density at radius 3 is 2.79 bits per heavy atom. The van der Waals surface area contributed by atoms with Crippen LogP contribution in [0.3, 0.4) is 0 Å². The number of anilines is 1. The number of nitrogens with zero attached hydrogens (tertiary/aromatic N) is 4. The molecule has 8 heteroatoms. The van der Waals surface area contributed by atoms with Crippen molar-refractivity contribution in [3.8, 4) is 11.4 Å². The fourth-order valence-electron chi connectivity index (χ4n) is 3.10. The molecule has 1 amide bonds. The van der Waals surface area contributed by atoms with Crippen molar-refractivity contribution >= 4 is 22.6 Å². The van der Waals surface area contributed by atoms with Crippen LogP contribution < -0.4 is 10.1 Å². The summed E-state index contributed by atoms with van der Waals surface area (Å²) in [6.45, 7) is 3.95. The maximum Gasteiger partial charge on any atom is 0.245 e. The number of carbonyl (C=O) groups excluding carboxylic acids is 1. The molecule has 0 spiro atoms. The molecule has 148 valence electrons. The van der Waals surface area contributed by atoms with Gasteiger partial charge >= 0.3 is 0 Å². The van der Waals surface area contributed by atoms with E-state index in [0.717, 1.165) is 0 Å². The van der Waals surface area contributed by atoms with Gasteiger partial charge in [-0.2, -0.15) is 0 Å². The van der Waals surface area contributed by atoms with Gasteiger partial charge < -0.3 is 14.6 Å². The van der Waals surface area contributed by atoms with Crippen LogP contribution in [0.1, 0.15) is 13.8 Å². The highest BCUT2D eigenvalue weighted by Crippen LogP contribution is 2.34. The molecule has 2 aromatic heterocycles.